The Morgan fingerprint density at radius 3 is 1.58 bits per heavy atom. The fourth-order valence-electron chi connectivity index (χ4n) is 6.77. The SMILES string of the molecule is Cl.NCCCN1c2ccccc2CCc2ccc(Cl)cc21.O=[N+]([O-])c1ccc(S(=O)(=O)NCCCN2c3ccccc3CCc3ccc(Cl)cc32)cc1. The van der Waals surface area contributed by atoms with Gasteiger partial charge in [-0.25, -0.2) is 13.1 Å². The zero-order valence-corrected chi connectivity index (χ0v) is 32.2. The van der Waals surface area contributed by atoms with Gasteiger partial charge < -0.3 is 15.5 Å². The van der Waals surface area contributed by atoms with Crippen LogP contribution in [0, 0.1) is 10.1 Å². The quantitative estimate of drug-likeness (QED) is 0.0822. The average molecular weight is 795 g/mol. The maximum absolute atomic E-state index is 12.5. The van der Waals surface area contributed by atoms with Gasteiger partial charge in [0, 0.05) is 64.6 Å². The molecular formula is C40H42Cl3N5O4S. The summed E-state index contributed by atoms with van der Waals surface area (Å²) in [4.78, 5) is 14.8. The highest BCUT2D eigenvalue weighted by molar-refractivity contribution is 7.89. The average Bonchev–Trinajstić information content (AvgIpc) is 3.40. The lowest BCUT2D eigenvalue weighted by Crippen LogP contribution is -2.28. The standard InChI is InChI=1S/C23H22ClN3O4S.C17H19ClN2.ClH/c24-19-9-8-18-7-6-17-4-1-2-5-22(17)26(23(18)16-19)15-3-14-25-32(30,31)21-12-10-20(11-13-21)27(28)29;18-15-9-8-14-7-6-13-4-1-2-5-16(13)20(11-3-10-19)17(14)12-15;/h1-2,4-5,8-13,16,25H,3,6-7,14-15H2;1-2,4-5,8-9,12H,3,6-7,10-11,19H2;1H. The third kappa shape index (κ3) is 9.69. The Labute approximate surface area is 327 Å². The molecule has 5 aromatic carbocycles. The predicted octanol–water partition coefficient (Wildman–Crippen LogP) is 9.20. The van der Waals surface area contributed by atoms with E-state index in [4.69, 9.17) is 28.9 Å². The van der Waals surface area contributed by atoms with E-state index in [1.165, 1.54) is 57.9 Å². The molecule has 0 saturated carbocycles. The Balaban J connectivity index is 0.000000222. The number of nitro benzene ring substituents is 1. The summed E-state index contributed by atoms with van der Waals surface area (Å²) in [5, 5.41) is 12.2. The van der Waals surface area contributed by atoms with Crippen LogP contribution in [0.15, 0.2) is 114 Å². The third-order valence-corrected chi connectivity index (χ3v) is 11.3. The molecule has 0 fully saturated rings. The number of aryl methyl sites for hydroxylation is 4. The Morgan fingerprint density at radius 1 is 0.660 bits per heavy atom. The molecule has 0 saturated heterocycles. The molecule has 2 heterocycles. The predicted molar refractivity (Wildman–Crippen MR) is 218 cm³/mol. The fourth-order valence-corrected chi connectivity index (χ4v) is 8.18. The Bertz CT molecular complexity index is 2150. The molecule has 2 aliphatic heterocycles. The van der Waals surface area contributed by atoms with Gasteiger partial charge in [-0.1, -0.05) is 71.7 Å². The van der Waals surface area contributed by atoms with Gasteiger partial charge in [-0.05, 0) is 116 Å². The van der Waals surface area contributed by atoms with E-state index in [0.717, 1.165) is 55.0 Å². The van der Waals surface area contributed by atoms with E-state index in [0.29, 0.717) is 24.5 Å². The van der Waals surface area contributed by atoms with E-state index in [-0.39, 0.29) is 29.5 Å². The van der Waals surface area contributed by atoms with Crippen molar-refractivity contribution in [3.8, 4) is 0 Å². The minimum absolute atomic E-state index is 0. The van der Waals surface area contributed by atoms with E-state index in [1.54, 1.807) is 0 Å². The number of non-ortho nitro benzene ring substituents is 1. The van der Waals surface area contributed by atoms with Crippen molar-refractivity contribution in [1.82, 2.24) is 4.72 Å². The van der Waals surface area contributed by atoms with Crippen molar-refractivity contribution < 1.29 is 13.3 Å². The van der Waals surface area contributed by atoms with Gasteiger partial charge in [-0.3, -0.25) is 10.1 Å². The minimum Gasteiger partial charge on any atom is -0.341 e. The first-order valence-corrected chi connectivity index (χ1v) is 19.6. The van der Waals surface area contributed by atoms with Crippen LogP contribution in [0.1, 0.15) is 35.1 Å². The van der Waals surface area contributed by atoms with Crippen molar-refractivity contribution in [2.45, 2.75) is 43.4 Å². The second-order valence-corrected chi connectivity index (χ2v) is 15.4. The number of fused-ring (bicyclic) bond motifs is 4. The molecule has 0 amide bonds. The summed E-state index contributed by atoms with van der Waals surface area (Å²) in [6, 6.07) is 33.8. The Kier molecular flexibility index (Phi) is 13.8. The molecule has 0 bridgehead atoms. The molecule has 0 aliphatic carbocycles. The van der Waals surface area contributed by atoms with Gasteiger partial charge in [0.2, 0.25) is 10.0 Å². The van der Waals surface area contributed by atoms with Crippen LogP contribution in [-0.4, -0.2) is 39.5 Å². The van der Waals surface area contributed by atoms with Gasteiger partial charge in [0.05, 0.1) is 9.82 Å². The van der Waals surface area contributed by atoms with Crippen LogP contribution in [0.25, 0.3) is 0 Å². The highest BCUT2D eigenvalue weighted by Gasteiger charge is 2.22. The zero-order valence-electron chi connectivity index (χ0n) is 29.1. The molecule has 0 radical (unpaired) electrons. The molecule has 7 rings (SSSR count). The van der Waals surface area contributed by atoms with Gasteiger partial charge in [-0.2, -0.15) is 0 Å². The number of anilines is 4. The third-order valence-electron chi connectivity index (χ3n) is 9.36. The van der Waals surface area contributed by atoms with Crippen molar-refractivity contribution in [2.24, 2.45) is 5.73 Å². The van der Waals surface area contributed by atoms with E-state index in [1.807, 2.05) is 36.4 Å². The number of hydrogen-bond acceptors (Lipinski definition) is 7. The summed E-state index contributed by atoms with van der Waals surface area (Å²) in [5.41, 5.74) is 15.4. The largest absolute Gasteiger partial charge is 0.341 e. The van der Waals surface area contributed by atoms with Gasteiger partial charge in [-0.15, -0.1) is 12.4 Å². The van der Waals surface area contributed by atoms with Crippen LogP contribution in [0.2, 0.25) is 10.0 Å². The molecule has 0 spiro atoms. The van der Waals surface area contributed by atoms with Crippen molar-refractivity contribution in [3.63, 3.8) is 0 Å². The number of benzene rings is 5. The van der Waals surface area contributed by atoms with E-state index in [9.17, 15) is 18.5 Å². The van der Waals surface area contributed by atoms with Crippen molar-refractivity contribution in [2.75, 3.05) is 36.0 Å². The molecule has 5 aromatic rings. The first-order valence-electron chi connectivity index (χ1n) is 17.4. The van der Waals surface area contributed by atoms with Crippen molar-refractivity contribution >= 4 is 74.1 Å². The van der Waals surface area contributed by atoms with Crippen LogP contribution < -0.4 is 20.3 Å². The number of sulfonamides is 1. The van der Waals surface area contributed by atoms with Crippen LogP contribution in [0.5, 0.6) is 0 Å². The molecule has 9 nitrogen and oxygen atoms in total. The van der Waals surface area contributed by atoms with Crippen LogP contribution in [-0.2, 0) is 35.7 Å². The lowest BCUT2D eigenvalue weighted by molar-refractivity contribution is -0.384. The molecular weight excluding hydrogens is 753 g/mol. The molecule has 278 valence electrons. The number of nitrogens with zero attached hydrogens (tertiary/aromatic N) is 3. The van der Waals surface area contributed by atoms with Crippen LogP contribution >= 0.6 is 35.6 Å². The smallest absolute Gasteiger partial charge is 0.269 e. The number of nitrogens with two attached hydrogens (primary N) is 1. The monoisotopic (exact) mass is 793 g/mol. The number of halogens is 3. The van der Waals surface area contributed by atoms with E-state index >= 15 is 0 Å². The second-order valence-electron chi connectivity index (χ2n) is 12.8. The summed E-state index contributed by atoms with van der Waals surface area (Å²) in [5.74, 6) is 0. The molecule has 0 atom stereocenters. The molecule has 0 aromatic heterocycles. The number of para-hydroxylation sites is 2. The molecule has 0 unspecified atom stereocenters. The number of nitro groups is 1. The summed E-state index contributed by atoms with van der Waals surface area (Å²) < 4.78 is 27.7. The van der Waals surface area contributed by atoms with E-state index in [2.05, 4.69) is 63.1 Å². The van der Waals surface area contributed by atoms with Crippen LogP contribution in [0.4, 0.5) is 28.4 Å². The summed E-state index contributed by atoms with van der Waals surface area (Å²) in [6.45, 7) is 2.47. The van der Waals surface area contributed by atoms with Gasteiger partial charge in [0.15, 0.2) is 0 Å². The lowest BCUT2D eigenvalue weighted by Gasteiger charge is -2.27. The second kappa shape index (κ2) is 18.2. The summed E-state index contributed by atoms with van der Waals surface area (Å²) in [6.07, 6.45) is 5.50. The first kappa shape index (κ1) is 40.0. The highest BCUT2D eigenvalue weighted by Crippen LogP contribution is 2.39. The molecule has 2 aliphatic rings. The lowest BCUT2D eigenvalue weighted by atomic mass is 10.0. The minimum atomic E-state index is -3.75. The topological polar surface area (TPSA) is 122 Å². The molecule has 3 N–H and O–H groups in total. The van der Waals surface area contributed by atoms with Crippen molar-refractivity contribution in [1.29, 1.82) is 0 Å². The maximum Gasteiger partial charge on any atom is 0.269 e. The normalized spacial score (nSPS) is 13.1. The van der Waals surface area contributed by atoms with Gasteiger partial charge >= 0.3 is 0 Å². The van der Waals surface area contributed by atoms with Gasteiger partial charge in [0.25, 0.3) is 5.69 Å². The number of nitrogens with one attached hydrogen (secondary N) is 1. The Morgan fingerprint density at radius 2 is 1.11 bits per heavy atom. The fraction of sp³-hybridized carbons (Fsp3) is 0.250. The number of rotatable bonds is 10. The molecule has 13 heteroatoms. The zero-order chi connectivity index (χ0) is 36.7. The summed E-state index contributed by atoms with van der Waals surface area (Å²) >= 11 is 12.5. The van der Waals surface area contributed by atoms with Gasteiger partial charge in [0.1, 0.15) is 0 Å². The summed E-state index contributed by atoms with van der Waals surface area (Å²) in [7, 11) is -3.75. The maximum atomic E-state index is 12.5. The van der Waals surface area contributed by atoms with Crippen molar-refractivity contribution in [3.05, 3.63) is 152 Å². The molecule has 53 heavy (non-hydrogen) atoms. The van der Waals surface area contributed by atoms with Crippen LogP contribution in [0.3, 0.4) is 0 Å². The first-order chi connectivity index (χ1) is 25.1. The number of hydrogen-bond donors (Lipinski definition) is 2. The Hall–Kier alpha value is -4.16. The highest BCUT2D eigenvalue weighted by atomic mass is 35.5. The van der Waals surface area contributed by atoms with E-state index < -0.39 is 14.9 Å².